The van der Waals surface area contributed by atoms with Crippen molar-refractivity contribution >= 4 is 17.5 Å². The largest absolute Gasteiger partial charge is 0.497 e. The first-order chi connectivity index (χ1) is 14.6. The summed E-state index contributed by atoms with van der Waals surface area (Å²) in [7, 11) is 1.62. The molecule has 1 fully saturated rings. The fourth-order valence-corrected chi connectivity index (χ4v) is 3.77. The summed E-state index contributed by atoms with van der Waals surface area (Å²) in [6.07, 6.45) is 3.63. The van der Waals surface area contributed by atoms with Gasteiger partial charge in [0.25, 0.3) is 5.91 Å². The Morgan fingerprint density at radius 2 is 1.97 bits per heavy atom. The van der Waals surface area contributed by atoms with Crippen molar-refractivity contribution in [1.29, 1.82) is 0 Å². The highest BCUT2D eigenvalue weighted by Gasteiger charge is 2.26. The molecular formula is C23H25N5O2. The van der Waals surface area contributed by atoms with Crippen molar-refractivity contribution in [2.45, 2.75) is 25.7 Å². The molecule has 0 aliphatic carbocycles. The van der Waals surface area contributed by atoms with Crippen LogP contribution in [0.1, 0.15) is 40.6 Å². The van der Waals surface area contributed by atoms with Gasteiger partial charge in [0.1, 0.15) is 23.2 Å². The number of ether oxygens (including phenoxy) is 1. The Balaban J connectivity index is 1.52. The molecule has 7 nitrogen and oxygen atoms in total. The number of hydrogen-bond acceptors (Lipinski definition) is 6. The van der Waals surface area contributed by atoms with Gasteiger partial charge in [0, 0.05) is 42.9 Å². The highest BCUT2D eigenvalue weighted by Crippen LogP contribution is 2.28. The average molecular weight is 403 g/mol. The second kappa shape index (κ2) is 8.90. The molecule has 1 aliphatic rings. The van der Waals surface area contributed by atoms with E-state index in [1.165, 1.54) is 0 Å². The smallest absolute Gasteiger partial charge is 0.253 e. The number of aryl methyl sites for hydroxylation is 1. The summed E-state index contributed by atoms with van der Waals surface area (Å²) in [4.78, 5) is 28.3. The van der Waals surface area contributed by atoms with Gasteiger partial charge in [-0.3, -0.25) is 4.79 Å². The lowest BCUT2D eigenvalue weighted by atomic mass is 9.94. The Hall–Kier alpha value is -3.48. The maximum Gasteiger partial charge on any atom is 0.253 e. The van der Waals surface area contributed by atoms with E-state index in [0.717, 1.165) is 36.4 Å². The van der Waals surface area contributed by atoms with Crippen LogP contribution in [0.4, 0.5) is 11.6 Å². The van der Waals surface area contributed by atoms with E-state index in [-0.39, 0.29) is 11.8 Å². The van der Waals surface area contributed by atoms with Crippen molar-refractivity contribution in [2.24, 2.45) is 0 Å². The second-order valence-corrected chi connectivity index (χ2v) is 7.39. The molecule has 3 heterocycles. The predicted octanol–water partition coefficient (Wildman–Crippen LogP) is 3.95. The number of piperidine rings is 1. The molecule has 2 aromatic heterocycles. The highest BCUT2D eigenvalue weighted by atomic mass is 16.5. The first-order valence-electron chi connectivity index (χ1n) is 10.1. The zero-order chi connectivity index (χ0) is 20.9. The van der Waals surface area contributed by atoms with Crippen LogP contribution in [0.5, 0.6) is 5.75 Å². The second-order valence-electron chi connectivity index (χ2n) is 7.39. The van der Waals surface area contributed by atoms with Crippen LogP contribution in [0, 0.1) is 6.92 Å². The zero-order valence-corrected chi connectivity index (χ0v) is 17.2. The van der Waals surface area contributed by atoms with E-state index in [4.69, 9.17) is 4.74 Å². The third-order valence-electron chi connectivity index (χ3n) is 5.23. The van der Waals surface area contributed by atoms with E-state index >= 15 is 0 Å². The van der Waals surface area contributed by atoms with Crippen molar-refractivity contribution in [3.05, 3.63) is 71.8 Å². The maximum atomic E-state index is 12.9. The minimum atomic E-state index is 0.0741. The minimum Gasteiger partial charge on any atom is -0.497 e. The number of pyridine rings is 1. The van der Waals surface area contributed by atoms with Gasteiger partial charge >= 0.3 is 0 Å². The molecule has 154 valence electrons. The molecule has 1 saturated heterocycles. The van der Waals surface area contributed by atoms with E-state index in [9.17, 15) is 4.79 Å². The van der Waals surface area contributed by atoms with Crippen LogP contribution in [0.3, 0.4) is 0 Å². The quantitative estimate of drug-likeness (QED) is 0.695. The Labute approximate surface area is 176 Å². The SMILES string of the molecule is COc1ccnc(Nc2cc(C3CCCN(C(=O)c4ccccc4)C3)nc(C)n2)c1. The van der Waals surface area contributed by atoms with Gasteiger partial charge in [0.15, 0.2) is 0 Å². The summed E-state index contributed by atoms with van der Waals surface area (Å²) in [6.45, 7) is 3.30. The molecule has 3 aromatic rings. The van der Waals surface area contributed by atoms with Gasteiger partial charge in [-0.1, -0.05) is 18.2 Å². The number of rotatable bonds is 5. The first kappa shape index (κ1) is 19.8. The van der Waals surface area contributed by atoms with Crippen LogP contribution in [-0.2, 0) is 0 Å². The van der Waals surface area contributed by atoms with Gasteiger partial charge in [0.05, 0.1) is 12.8 Å². The molecule has 0 spiro atoms. The zero-order valence-electron chi connectivity index (χ0n) is 17.2. The number of nitrogens with zero attached hydrogens (tertiary/aromatic N) is 4. The molecule has 1 aliphatic heterocycles. The molecule has 1 amide bonds. The van der Waals surface area contributed by atoms with Crippen LogP contribution in [0.25, 0.3) is 0 Å². The van der Waals surface area contributed by atoms with Crippen LogP contribution in [0.2, 0.25) is 0 Å². The van der Waals surface area contributed by atoms with Crippen molar-refractivity contribution in [3.8, 4) is 5.75 Å². The number of hydrogen-bond donors (Lipinski definition) is 1. The van der Waals surface area contributed by atoms with Crippen molar-refractivity contribution in [3.63, 3.8) is 0 Å². The molecule has 0 bridgehead atoms. The summed E-state index contributed by atoms with van der Waals surface area (Å²) in [5.41, 5.74) is 1.67. The van der Waals surface area contributed by atoms with E-state index in [0.29, 0.717) is 24.0 Å². The monoisotopic (exact) mass is 403 g/mol. The number of benzene rings is 1. The average Bonchev–Trinajstić information content (AvgIpc) is 2.79. The van der Waals surface area contributed by atoms with Crippen LogP contribution >= 0.6 is 0 Å². The summed E-state index contributed by atoms with van der Waals surface area (Å²) in [6, 6.07) is 15.0. The Bertz CT molecular complexity index is 1030. The lowest BCUT2D eigenvalue weighted by Gasteiger charge is -2.32. The number of methoxy groups -OCH3 is 1. The summed E-state index contributed by atoms with van der Waals surface area (Å²) >= 11 is 0. The van der Waals surface area contributed by atoms with E-state index < -0.39 is 0 Å². The number of carbonyl (C=O) groups excluding carboxylic acids is 1. The molecule has 0 radical (unpaired) electrons. The lowest BCUT2D eigenvalue weighted by molar-refractivity contribution is 0.0706. The number of likely N-dealkylation sites (tertiary alicyclic amines) is 1. The van der Waals surface area contributed by atoms with Crippen molar-refractivity contribution in [1.82, 2.24) is 19.9 Å². The fraction of sp³-hybridized carbons (Fsp3) is 0.304. The molecule has 1 aromatic carbocycles. The summed E-state index contributed by atoms with van der Waals surface area (Å²) in [5.74, 6) is 3.00. The van der Waals surface area contributed by atoms with Crippen LogP contribution in [0.15, 0.2) is 54.7 Å². The number of amides is 1. The molecule has 30 heavy (non-hydrogen) atoms. The standard InChI is InChI=1S/C23H25N5O2/c1-16-25-20(14-22(26-16)27-21-13-19(30-2)10-11-24-21)18-9-6-12-28(15-18)23(29)17-7-4-3-5-8-17/h3-5,7-8,10-11,13-14,18H,6,9,12,15H2,1-2H3,(H,24,25,26,27). The number of anilines is 2. The van der Waals surface area contributed by atoms with Crippen molar-refractivity contribution < 1.29 is 9.53 Å². The summed E-state index contributed by atoms with van der Waals surface area (Å²) < 4.78 is 5.26. The van der Waals surface area contributed by atoms with E-state index in [1.54, 1.807) is 19.4 Å². The van der Waals surface area contributed by atoms with Crippen LogP contribution in [-0.4, -0.2) is 46.0 Å². The minimum absolute atomic E-state index is 0.0741. The van der Waals surface area contributed by atoms with Crippen molar-refractivity contribution in [2.75, 3.05) is 25.5 Å². The number of aromatic nitrogens is 3. The van der Waals surface area contributed by atoms with E-state index in [1.807, 2.05) is 54.3 Å². The molecule has 0 saturated carbocycles. The van der Waals surface area contributed by atoms with Gasteiger partial charge in [-0.15, -0.1) is 0 Å². The maximum absolute atomic E-state index is 12.9. The summed E-state index contributed by atoms with van der Waals surface area (Å²) in [5, 5.41) is 3.24. The molecule has 1 N–H and O–H groups in total. The third kappa shape index (κ3) is 4.56. The van der Waals surface area contributed by atoms with Crippen LogP contribution < -0.4 is 10.1 Å². The number of nitrogens with one attached hydrogen (secondary N) is 1. The third-order valence-corrected chi connectivity index (χ3v) is 5.23. The van der Waals surface area contributed by atoms with Gasteiger partial charge in [-0.2, -0.15) is 0 Å². The lowest BCUT2D eigenvalue weighted by Crippen LogP contribution is -2.39. The van der Waals surface area contributed by atoms with Gasteiger partial charge in [-0.05, 0) is 38.0 Å². The Morgan fingerprint density at radius 3 is 2.77 bits per heavy atom. The van der Waals surface area contributed by atoms with Gasteiger partial charge in [0.2, 0.25) is 0 Å². The molecule has 1 unspecified atom stereocenters. The van der Waals surface area contributed by atoms with E-state index in [2.05, 4.69) is 20.3 Å². The molecule has 1 atom stereocenters. The highest BCUT2D eigenvalue weighted by molar-refractivity contribution is 5.94. The fourth-order valence-electron chi connectivity index (χ4n) is 3.77. The normalized spacial score (nSPS) is 16.2. The molecular weight excluding hydrogens is 378 g/mol. The molecule has 4 rings (SSSR count). The first-order valence-corrected chi connectivity index (χ1v) is 10.1. The Morgan fingerprint density at radius 1 is 1.13 bits per heavy atom. The topological polar surface area (TPSA) is 80.2 Å². The predicted molar refractivity (Wildman–Crippen MR) is 115 cm³/mol. The van der Waals surface area contributed by atoms with Gasteiger partial charge < -0.3 is 15.0 Å². The van der Waals surface area contributed by atoms with Gasteiger partial charge in [-0.25, -0.2) is 15.0 Å². The number of carbonyl (C=O) groups is 1. The Kier molecular flexibility index (Phi) is 5.88. The molecule has 7 heteroatoms.